The van der Waals surface area contributed by atoms with Crippen LogP contribution >= 0.6 is 0 Å². The maximum absolute atomic E-state index is 11.0. The van der Waals surface area contributed by atoms with E-state index >= 15 is 0 Å². The van der Waals surface area contributed by atoms with E-state index in [-0.39, 0.29) is 22.9 Å². The van der Waals surface area contributed by atoms with Crippen LogP contribution in [-0.4, -0.2) is 32.6 Å². The van der Waals surface area contributed by atoms with Gasteiger partial charge in [0.15, 0.2) is 0 Å². The fourth-order valence-electron chi connectivity index (χ4n) is 7.52. The Morgan fingerprint density at radius 2 is 1.84 bits per heavy atom. The Morgan fingerprint density at radius 3 is 2.52 bits per heavy atom. The van der Waals surface area contributed by atoms with E-state index in [1.165, 1.54) is 25.5 Å². The molecule has 0 bridgehead atoms. The van der Waals surface area contributed by atoms with Crippen molar-refractivity contribution in [1.82, 2.24) is 0 Å². The number of aliphatic hydroxyl groups is 3. The lowest BCUT2D eigenvalue weighted by molar-refractivity contribution is -0.0886. The van der Waals surface area contributed by atoms with Gasteiger partial charge < -0.3 is 15.3 Å². The molecular weight excluding hydrogens is 384 g/mol. The SMILES string of the molecule is [2H]C([2H])([2H])C(O)(/C=C/[C@@H](C)[C@H]1CC[C@H]2C3=CC=C4C[C@@H](O)CC[C@]4(C)[C@H]3CC[C@]12C)C(C)(C)O. The molecule has 3 N–H and O–H groups in total. The zero-order chi connectivity index (χ0) is 25.3. The first-order valence-electron chi connectivity index (χ1n) is 13.8. The zero-order valence-electron chi connectivity index (χ0n) is 23.0. The highest BCUT2D eigenvalue weighted by Crippen LogP contribution is 2.66. The van der Waals surface area contributed by atoms with Crippen LogP contribution in [0.15, 0.2) is 35.5 Å². The van der Waals surface area contributed by atoms with Gasteiger partial charge in [-0.3, -0.25) is 0 Å². The molecule has 3 nitrogen and oxygen atoms in total. The Bertz CT molecular complexity index is 882. The van der Waals surface area contributed by atoms with Gasteiger partial charge in [0, 0.05) is 4.11 Å². The van der Waals surface area contributed by atoms with Gasteiger partial charge >= 0.3 is 0 Å². The summed E-state index contributed by atoms with van der Waals surface area (Å²) in [6.45, 7) is 6.93. The number of hydrogen-bond donors (Lipinski definition) is 3. The molecule has 8 atom stereocenters. The van der Waals surface area contributed by atoms with Crippen molar-refractivity contribution in [3.05, 3.63) is 35.5 Å². The predicted molar refractivity (Wildman–Crippen MR) is 126 cm³/mol. The molecule has 4 aliphatic carbocycles. The van der Waals surface area contributed by atoms with Crippen LogP contribution in [0.3, 0.4) is 0 Å². The average Bonchev–Trinajstić information content (AvgIpc) is 3.08. The second-order valence-corrected chi connectivity index (χ2v) is 12.0. The van der Waals surface area contributed by atoms with Crippen LogP contribution in [0.4, 0.5) is 0 Å². The third kappa shape index (κ3) is 3.69. The molecule has 1 unspecified atom stereocenters. The van der Waals surface area contributed by atoms with Gasteiger partial charge in [-0.15, -0.1) is 0 Å². The molecule has 0 amide bonds. The highest BCUT2D eigenvalue weighted by atomic mass is 16.3. The minimum Gasteiger partial charge on any atom is -0.393 e. The number of rotatable bonds is 4. The summed E-state index contributed by atoms with van der Waals surface area (Å²) in [7, 11) is 0. The van der Waals surface area contributed by atoms with Crippen LogP contribution in [0.1, 0.15) is 90.5 Å². The summed E-state index contributed by atoms with van der Waals surface area (Å²) in [6, 6.07) is 0. The second-order valence-electron chi connectivity index (χ2n) is 12.0. The highest BCUT2D eigenvalue weighted by molar-refractivity contribution is 5.39. The maximum Gasteiger partial charge on any atom is 0.108 e. The fourth-order valence-corrected chi connectivity index (χ4v) is 7.52. The van der Waals surface area contributed by atoms with Crippen molar-refractivity contribution in [1.29, 1.82) is 0 Å². The van der Waals surface area contributed by atoms with Gasteiger partial charge in [0.25, 0.3) is 0 Å². The van der Waals surface area contributed by atoms with E-state index in [0.717, 1.165) is 44.9 Å². The van der Waals surface area contributed by atoms with E-state index in [4.69, 9.17) is 4.11 Å². The Morgan fingerprint density at radius 1 is 1.10 bits per heavy atom. The molecule has 0 aliphatic heterocycles. The van der Waals surface area contributed by atoms with E-state index < -0.39 is 18.1 Å². The van der Waals surface area contributed by atoms with Crippen molar-refractivity contribution in [3.63, 3.8) is 0 Å². The summed E-state index contributed by atoms with van der Waals surface area (Å²) < 4.78 is 23.5. The first kappa shape index (κ1) is 19.6. The summed E-state index contributed by atoms with van der Waals surface area (Å²) in [5.41, 5.74) is -0.769. The van der Waals surface area contributed by atoms with Crippen LogP contribution in [0.2, 0.25) is 0 Å². The molecule has 3 heteroatoms. The first-order valence-corrected chi connectivity index (χ1v) is 12.3. The molecule has 3 fully saturated rings. The molecule has 31 heavy (non-hydrogen) atoms. The molecule has 0 aromatic carbocycles. The number of hydrogen-bond acceptors (Lipinski definition) is 3. The lowest BCUT2D eigenvalue weighted by Crippen LogP contribution is -2.47. The Kier molecular flexibility index (Phi) is 4.78. The number of aliphatic hydroxyl groups excluding tert-OH is 1. The van der Waals surface area contributed by atoms with Crippen molar-refractivity contribution < 1.29 is 19.4 Å². The largest absolute Gasteiger partial charge is 0.393 e. The van der Waals surface area contributed by atoms with Gasteiger partial charge in [-0.2, -0.15) is 0 Å². The van der Waals surface area contributed by atoms with Gasteiger partial charge in [-0.25, -0.2) is 0 Å². The summed E-state index contributed by atoms with van der Waals surface area (Å²) in [6.07, 6.45) is 14.9. The molecule has 0 radical (unpaired) electrons. The molecule has 0 spiro atoms. The van der Waals surface area contributed by atoms with Crippen molar-refractivity contribution in [2.75, 3.05) is 0 Å². The predicted octanol–water partition coefficient (Wildman–Crippen LogP) is 5.56. The minimum absolute atomic E-state index is 0.0958. The fraction of sp³-hybridized carbons (Fsp3) is 0.786. The van der Waals surface area contributed by atoms with Crippen molar-refractivity contribution >= 4 is 0 Å². The third-order valence-corrected chi connectivity index (χ3v) is 9.83. The monoisotopic (exact) mass is 431 g/mol. The molecule has 0 heterocycles. The topological polar surface area (TPSA) is 60.7 Å². The van der Waals surface area contributed by atoms with Crippen molar-refractivity contribution in [2.45, 2.75) is 104 Å². The van der Waals surface area contributed by atoms with Gasteiger partial charge in [0.2, 0.25) is 0 Å². The molecular formula is C28H44O3. The standard InChI is InChI=1S/C28H44O3/c1-18(11-16-28(6,31)25(2,3)30)22-9-10-23-21-8-7-19-17-20(29)12-14-26(19,4)24(21)13-15-27(22,23)5/h7-8,11,16,18,20,22-24,29-31H,9-10,12-15,17H2,1-6H3/b16-11+/t18-,20+,22-,23+,24+,26+,27-,28?/m1/s1/i6D3. The Labute approximate surface area is 193 Å². The number of fused-ring (bicyclic) bond motifs is 5. The maximum atomic E-state index is 11.0. The molecule has 4 rings (SSSR count). The Balaban J connectivity index is 1.59. The summed E-state index contributed by atoms with van der Waals surface area (Å²) in [4.78, 5) is 0. The van der Waals surface area contributed by atoms with Crippen LogP contribution in [0.5, 0.6) is 0 Å². The van der Waals surface area contributed by atoms with Crippen LogP contribution in [0.25, 0.3) is 0 Å². The third-order valence-electron chi connectivity index (χ3n) is 9.83. The molecule has 0 aromatic rings. The lowest BCUT2D eigenvalue weighted by atomic mass is 9.50. The number of allylic oxidation sites excluding steroid dienone is 4. The van der Waals surface area contributed by atoms with Crippen LogP contribution in [-0.2, 0) is 0 Å². The first-order chi connectivity index (χ1) is 15.5. The van der Waals surface area contributed by atoms with E-state index in [9.17, 15) is 15.3 Å². The van der Waals surface area contributed by atoms with Gasteiger partial charge in [-0.05, 0) is 100 Å². The summed E-state index contributed by atoms with van der Waals surface area (Å²) in [5, 5.41) is 31.6. The Hall–Kier alpha value is -0.900. The van der Waals surface area contributed by atoms with E-state index in [1.807, 2.05) is 6.08 Å². The summed E-state index contributed by atoms with van der Waals surface area (Å²) >= 11 is 0. The van der Waals surface area contributed by atoms with Crippen molar-refractivity contribution in [2.24, 2.45) is 34.5 Å². The molecule has 174 valence electrons. The van der Waals surface area contributed by atoms with Gasteiger partial charge in [-0.1, -0.05) is 56.2 Å². The minimum atomic E-state index is -2.72. The van der Waals surface area contributed by atoms with Crippen LogP contribution in [0, 0.1) is 34.5 Å². The molecule has 0 aromatic heterocycles. The van der Waals surface area contributed by atoms with E-state index in [1.54, 1.807) is 5.57 Å². The second kappa shape index (κ2) is 7.57. The van der Waals surface area contributed by atoms with Gasteiger partial charge in [0.05, 0.1) is 11.7 Å². The highest BCUT2D eigenvalue weighted by Gasteiger charge is 2.56. The lowest BCUT2D eigenvalue weighted by Gasteiger charge is -2.55. The normalized spacial score (nSPS) is 45.2. The van der Waals surface area contributed by atoms with Gasteiger partial charge in [0.1, 0.15) is 5.60 Å². The molecule has 0 saturated heterocycles. The summed E-state index contributed by atoms with van der Waals surface area (Å²) in [5.74, 6) is 1.56. The molecule has 3 saturated carbocycles. The van der Waals surface area contributed by atoms with E-state index in [2.05, 4.69) is 32.9 Å². The van der Waals surface area contributed by atoms with E-state index in [0.29, 0.717) is 17.8 Å². The average molecular weight is 432 g/mol. The smallest absolute Gasteiger partial charge is 0.108 e. The molecule has 4 aliphatic rings. The van der Waals surface area contributed by atoms with Crippen LogP contribution < -0.4 is 0 Å². The van der Waals surface area contributed by atoms with Crippen molar-refractivity contribution in [3.8, 4) is 0 Å². The zero-order valence-corrected chi connectivity index (χ0v) is 20.0. The quantitative estimate of drug-likeness (QED) is 0.511.